The van der Waals surface area contributed by atoms with Crippen LogP contribution in [0.5, 0.6) is 5.75 Å². The molecule has 0 spiro atoms. The van der Waals surface area contributed by atoms with E-state index in [1.165, 1.54) is 24.7 Å². The van der Waals surface area contributed by atoms with Crippen LogP contribution >= 0.6 is 0 Å². The fraction of sp³-hybridized carbons (Fsp3) is 0.133. The van der Waals surface area contributed by atoms with Crippen molar-refractivity contribution in [3.05, 3.63) is 59.9 Å². The minimum atomic E-state index is -0.475. The maximum absolute atomic E-state index is 11.5. The maximum atomic E-state index is 11.5. The van der Waals surface area contributed by atoms with E-state index in [0.717, 1.165) is 0 Å². The van der Waals surface area contributed by atoms with Crippen LogP contribution in [0.25, 0.3) is 0 Å². The predicted octanol–water partition coefficient (Wildman–Crippen LogP) is 0.0547. The van der Waals surface area contributed by atoms with E-state index in [1.807, 2.05) is 0 Å². The van der Waals surface area contributed by atoms with Gasteiger partial charge in [-0.15, -0.1) is 0 Å². The maximum Gasteiger partial charge on any atom is 0.0561 e. The van der Waals surface area contributed by atoms with Crippen molar-refractivity contribution in [2.45, 2.75) is 6.92 Å². The van der Waals surface area contributed by atoms with Crippen molar-refractivity contribution in [2.24, 2.45) is 10.2 Å². The van der Waals surface area contributed by atoms with Gasteiger partial charge in [0, 0.05) is 46.0 Å². The first-order chi connectivity index (χ1) is 10.2. The zero-order valence-corrected chi connectivity index (χ0v) is 15.7. The summed E-state index contributed by atoms with van der Waals surface area (Å²) in [5, 5.41) is 37.5. The van der Waals surface area contributed by atoms with E-state index in [4.69, 9.17) is 5.11 Å². The number of aliphatic hydroxyl groups is 1. The van der Waals surface area contributed by atoms with Crippen LogP contribution in [-0.4, -0.2) is 28.8 Å². The second-order valence-electron chi connectivity index (χ2n) is 3.74. The molecule has 1 aromatic heterocycles. The first-order valence-corrected chi connectivity index (χ1v) is 6.24. The molecule has 0 aliphatic rings. The van der Waals surface area contributed by atoms with Crippen LogP contribution in [0.2, 0.25) is 0 Å². The first-order valence-electron chi connectivity index (χ1n) is 6.24. The summed E-state index contributed by atoms with van der Waals surface area (Å²) < 4.78 is 0. The molecule has 1 heterocycles. The van der Waals surface area contributed by atoms with Crippen molar-refractivity contribution < 1.29 is 47.3 Å². The summed E-state index contributed by atoms with van der Waals surface area (Å²) in [6, 6.07) is 9.47. The second-order valence-corrected chi connectivity index (χ2v) is 3.74. The molecule has 0 atom stereocenters. The fourth-order valence-electron chi connectivity index (χ4n) is 1.28. The van der Waals surface area contributed by atoms with Gasteiger partial charge in [-0.25, -0.2) is 0 Å². The van der Waals surface area contributed by atoms with Crippen LogP contribution in [0.3, 0.4) is 0 Å². The van der Waals surface area contributed by atoms with Crippen LogP contribution in [0, 0.1) is 0 Å². The molecule has 2 rings (SSSR count). The Bertz CT molecular complexity index is 609. The van der Waals surface area contributed by atoms with Crippen molar-refractivity contribution in [2.75, 3.05) is 6.61 Å². The van der Waals surface area contributed by atoms with Gasteiger partial charge >= 0.3 is 0 Å². The number of aromatic nitrogens is 1. The number of hydrogen-bond donors (Lipinski definition) is 1. The largest absolute Gasteiger partial charge is 2.00 e. The number of benzene rings is 1. The fourth-order valence-corrected chi connectivity index (χ4v) is 1.28. The van der Waals surface area contributed by atoms with Gasteiger partial charge in [-0.05, 0) is 30.2 Å². The van der Waals surface area contributed by atoms with Gasteiger partial charge in [-0.3, -0.25) is 4.98 Å². The van der Waals surface area contributed by atoms with Gasteiger partial charge < -0.3 is 26.3 Å². The molecule has 8 nitrogen and oxygen atoms in total. The monoisotopic (exact) mass is 501 g/mol. The van der Waals surface area contributed by atoms with Gasteiger partial charge in [-0.1, -0.05) is 30.0 Å². The average molecular weight is 501 g/mol. The Morgan fingerprint density at radius 1 is 1.17 bits per heavy atom. The molecule has 9 heteroatoms. The molecule has 0 aliphatic heterocycles. The number of aliphatic hydroxyl groups excluding tert-OH is 1. The van der Waals surface area contributed by atoms with Gasteiger partial charge in [-0.2, -0.15) is 10.2 Å². The topological polar surface area (TPSA) is 161 Å². The van der Waals surface area contributed by atoms with Crippen LogP contribution in [-0.2, 0) is 32.0 Å². The molecule has 0 bridgehead atoms. The Kier molecular flexibility index (Phi) is 17.6. The summed E-state index contributed by atoms with van der Waals surface area (Å²) in [5.41, 5.74) is 0.793. The molecule has 0 fully saturated rings. The Morgan fingerprint density at radius 2 is 1.71 bits per heavy atom. The van der Waals surface area contributed by atoms with Crippen LogP contribution < -0.4 is 10.2 Å². The van der Waals surface area contributed by atoms with Crippen molar-refractivity contribution in [3.8, 4) is 5.75 Å². The quantitative estimate of drug-likeness (QED) is 0.358. The van der Waals surface area contributed by atoms with E-state index in [0.29, 0.717) is 11.1 Å². The minimum absolute atomic E-state index is 0. The van der Waals surface area contributed by atoms with Gasteiger partial charge in [0.2, 0.25) is 0 Å². The molecule has 0 saturated carbocycles. The first kappa shape index (κ1) is 26.8. The van der Waals surface area contributed by atoms with E-state index < -0.39 is 5.90 Å². The summed E-state index contributed by atoms with van der Waals surface area (Å²) >= 11 is 0. The Morgan fingerprint density at radius 3 is 2.25 bits per heavy atom. The molecule has 1 aromatic carbocycles. The smallest absolute Gasteiger partial charge is 0.0561 e. The molecule has 132 valence electrons. The third-order valence-corrected chi connectivity index (χ3v) is 2.19. The third-order valence-electron chi connectivity index (χ3n) is 2.19. The average Bonchev–Trinajstić information content (AvgIpc) is 2.51. The number of para-hydroxylation sites is 1. The molecule has 0 amide bonds. The SMILES string of the molecule is CCO.[O-2].[O-2].[O-]/C(=N\N=C\c1ccccc1[O-])c1ccncc1.[W]. The normalized spacial score (nSPS) is 9.67. The van der Waals surface area contributed by atoms with E-state index in [1.54, 1.807) is 37.3 Å². The molecule has 0 unspecified atom stereocenters. The zero-order valence-electron chi connectivity index (χ0n) is 12.7. The van der Waals surface area contributed by atoms with Gasteiger partial charge in [0.1, 0.15) is 0 Å². The summed E-state index contributed by atoms with van der Waals surface area (Å²) in [6.07, 6.45) is 4.26. The number of nitrogens with zero attached hydrogens (tertiary/aromatic N) is 3. The second kappa shape index (κ2) is 15.8. The predicted molar refractivity (Wildman–Crippen MR) is 78.4 cm³/mol. The summed E-state index contributed by atoms with van der Waals surface area (Å²) in [5.74, 6) is -0.634. The van der Waals surface area contributed by atoms with Crippen molar-refractivity contribution in [1.29, 1.82) is 0 Å². The zero-order chi connectivity index (χ0) is 15.5. The van der Waals surface area contributed by atoms with E-state index >= 15 is 0 Å². The van der Waals surface area contributed by atoms with Gasteiger partial charge in [0.25, 0.3) is 0 Å². The summed E-state index contributed by atoms with van der Waals surface area (Å²) in [4.78, 5) is 3.79. The van der Waals surface area contributed by atoms with E-state index in [9.17, 15) is 10.2 Å². The molecule has 1 N–H and O–H groups in total. The van der Waals surface area contributed by atoms with Crippen LogP contribution in [0.1, 0.15) is 18.1 Å². The number of rotatable bonds is 3. The van der Waals surface area contributed by atoms with Crippen LogP contribution in [0.15, 0.2) is 59.0 Å². The Hall–Kier alpha value is -2.12. The van der Waals surface area contributed by atoms with E-state index in [2.05, 4.69) is 15.2 Å². The van der Waals surface area contributed by atoms with Crippen molar-refractivity contribution in [3.63, 3.8) is 0 Å². The van der Waals surface area contributed by atoms with Gasteiger partial charge in [0.15, 0.2) is 0 Å². The molecule has 0 saturated heterocycles. The van der Waals surface area contributed by atoms with E-state index in [-0.39, 0.29) is 44.4 Å². The standard InChI is InChI=1S/C13H11N3O2.C2H6O.2O.W/c17-12-4-2-1-3-11(12)9-15-16-13(18)10-5-7-14-8-6-10;1-2-3;;;/h1-9,17H,(H,16,18);3H,2H2,1H3;;;/q;;2*-2;/p-2/b15-9+;;;;. The molecule has 2 aromatic rings. The molecule has 0 radical (unpaired) electrons. The van der Waals surface area contributed by atoms with Crippen molar-refractivity contribution in [1.82, 2.24) is 4.98 Å². The van der Waals surface area contributed by atoms with Gasteiger partial charge in [0.05, 0.1) is 6.21 Å². The summed E-state index contributed by atoms with van der Waals surface area (Å²) in [6.45, 7) is 1.93. The number of pyridine rings is 1. The van der Waals surface area contributed by atoms with Crippen molar-refractivity contribution >= 4 is 12.1 Å². The third kappa shape index (κ3) is 9.81. The molecular formula is C15H15N3O5W-6. The molecule has 24 heavy (non-hydrogen) atoms. The summed E-state index contributed by atoms with van der Waals surface area (Å²) in [7, 11) is 0. The number of hydrogen-bond acceptors (Lipinski definition) is 6. The molecular weight excluding hydrogens is 486 g/mol. The molecule has 0 aliphatic carbocycles. The Labute approximate surface area is 154 Å². The Balaban J connectivity index is -0.000000685. The van der Waals surface area contributed by atoms with Crippen LogP contribution in [0.4, 0.5) is 0 Å². The minimum Gasteiger partial charge on any atom is -2.00 e.